The molecule has 0 amide bonds. The van der Waals surface area contributed by atoms with Gasteiger partial charge in [-0.3, -0.25) is 4.99 Å². The average molecular weight is 344 g/mol. The van der Waals surface area contributed by atoms with Gasteiger partial charge < -0.3 is 10.6 Å². The number of nitrogens with zero attached hydrogens (tertiary/aromatic N) is 4. The van der Waals surface area contributed by atoms with Crippen molar-refractivity contribution in [3.05, 3.63) is 39.9 Å². The quantitative estimate of drug-likeness (QED) is 0.856. The summed E-state index contributed by atoms with van der Waals surface area (Å²) in [5.74, 6) is 0.932. The Morgan fingerprint density at radius 1 is 1.29 bits per heavy atom. The number of piperidine rings is 1. The fourth-order valence-electron chi connectivity index (χ4n) is 2.91. The molecule has 5 nitrogen and oxygen atoms in total. The summed E-state index contributed by atoms with van der Waals surface area (Å²) in [6.07, 6.45) is 5.69. The third kappa shape index (κ3) is 3.37. The molecule has 6 heteroatoms. The van der Waals surface area contributed by atoms with Gasteiger partial charge in [0.25, 0.3) is 0 Å². The van der Waals surface area contributed by atoms with Gasteiger partial charge >= 0.3 is 0 Å². The molecular formula is C18H22ClN5. The second-order valence-electron chi connectivity index (χ2n) is 5.97. The Balaban J connectivity index is 2.09. The standard InChI is InChI=1S/C18H22ClN5/c1-13-17(7-10-21-2)18(23-11-8-15(20)9-12-23)22-24(13)16-5-3-14(19)4-6-16/h3-7,10,15H,1,8-9,11-12,20H2,2H3/b17-7+,21-10?. The molecule has 126 valence electrons. The predicted molar refractivity (Wildman–Crippen MR) is 102 cm³/mol. The van der Waals surface area contributed by atoms with Crippen molar-refractivity contribution >= 4 is 36.3 Å². The van der Waals surface area contributed by atoms with Crippen LogP contribution >= 0.6 is 11.6 Å². The van der Waals surface area contributed by atoms with Crippen LogP contribution < -0.4 is 21.2 Å². The van der Waals surface area contributed by atoms with Crippen LogP contribution in [0.25, 0.3) is 18.3 Å². The number of halogens is 1. The van der Waals surface area contributed by atoms with Crippen molar-refractivity contribution in [3.8, 4) is 5.69 Å². The van der Waals surface area contributed by atoms with E-state index in [-0.39, 0.29) is 6.04 Å². The number of rotatable bonds is 3. The van der Waals surface area contributed by atoms with Gasteiger partial charge in [-0.1, -0.05) is 18.2 Å². The van der Waals surface area contributed by atoms with E-state index >= 15 is 0 Å². The van der Waals surface area contributed by atoms with Crippen molar-refractivity contribution < 1.29 is 0 Å². The zero-order valence-electron chi connectivity index (χ0n) is 13.8. The Morgan fingerprint density at radius 3 is 2.58 bits per heavy atom. The van der Waals surface area contributed by atoms with Crippen molar-refractivity contribution in [2.45, 2.75) is 18.9 Å². The van der Waals surface area contributed by atoms with Gasteiger partial charge in [-0.25, -0.2) is 4.68 Å². The summed E-state index contributed by atoms with van der Waals surface area (Å²) in [6, 6.07) is 7.88. The zero-order chi connectivity index (χ0) is 17.1. The van der Waals surface area contributed by atoms with Crippen LogP contribution in [0, 0.1) is 0 Å². The van der Waals surface area contributed by atoms with Gasteiger partial charge in [0.15, 0.2) is 5.82 Å². The van der Waals surface area contributed by atoms with E-state index in [0.29, 0.717) is 5.02 Å². The molecule has 2 N–H and O–H groups in total. The largest absolute Gasteiger partial charge is 0.355 e. The van der Waals surface area contributed by atoms with Gasteiger partial charge in [0.05, 0.1) is 11.0 Å². The molecule has 24 heavy (non-hydrogen) atoms. The van der Waals surface area contributed by atoms with E-state index in [9.17, 15) is 0 Å². The van der Waals surface area contributed by atoms with Crippen LogP contribution in [-0.4, -0.2) is 42.2 Å². The number of hydrogen-bond donors (Lipinski definition) is 1. The monoisotopic (exact) mass is 343 g/mol. The summed E-state index contributed by atoms with van der Waals surface area (Å²) in [7, 11) is 1.75. The van der Waals surface area contributed by atoms with Crippen LogP contribution in [0.2, 0.25) is 5.02 Å². The lowest BCUT2D eigenvalue weighted by Crippen LogP contribution is -2.42. The van der Waals surface area contributed by atoms with Gasteiger partial charge in [-0.2, -0.15) is 0 Å². The summed E-state index contributed by atoms with van der Waals surface area (Å²) < 4.78 is 1.86. The highest BCUT2D eigenvalue weighted by molar-refractivity contribution is 6.30. The van der Waals surface area contributed by atoms with Gasteiger partial charge in [-0.05, 0) is 43.2 Å². The molecular weight excluding hydrogens is 322 g/mol. The molecule has 3 rings (SSSR count). The van der Waals surface area contributed by atoms with E-state index in [4.69, 9.17) is 22.4 Å². The minimum absolute atomic E-state index is 0.281. The Labute approximate surface area is 146 Å². The predicted octanol–water partition coefficient (Wildman–Crippen LogP) is 1.34. The molecule has 1 aromatic heterocycles. The molecule has 1 aromatic carbocycles. The number of nitrogens with two attached hydrogens (primary N) is 1. The van der Waals surface area contributed by atoms with Crippen LogP contribution in [0.15, 0.2) is 29.3 Å². The second kappa shape index (κ2) is 7.20. The smallest absolute Gasteiger partial charge is 0.159 e. The molecule has 0 aliphatic carbocycles. The first-order valence-corrected chi connectivity index (χ1v) is 8.45. The molecule has 0 saturated carbocycles. The summed E-state index contributed by atoms with van der Waals surface area (Å²) in [5.41, 5.74) is 6.96. The normalized spacial score (nSPS) is 17.1. The minimum atomic E-state index is 0.281. The summed E-state index contributed by atoms with van der Waals surface area (Å²) >= 11 is 5.99. The van der Waals surface area contributed by atoms with Crippen molar-refractivity contribution in [3.63, 3.8) is 0 Å². The molecule has 0 bridgehead atoms. The van der Waals surface area contributed by atoms with Crippen LogP contribution in [0.4, 0.5) is 5.82 Å². The number of benzene rings is 1. The first-order chi connectivity index (χ1) is 11.6. The van der Waals surface area contributed by atoms with Crippen molar-refractivity contribution in [2.24, 2.45) is 10.7 Å². The summed E-state index contributed by atoms with van der Waals surface area (Å²) in [6.45, 7) is 6.04. The van der Waals surface area contributed by atoms with E-state index < -0.39 is 0 Å². The fraction of sp³-hybridized carbons (Fsp3) is 0.333. The zero-order valence-corrected chi connectivity index (χ0v) is 14.6. The first-order valence-electron chi connectivity index (χ1n) is 8.07. The lowest BCUT2D eigenvalue weighted by Gasteiger charge is -2.30. The number of aliphatic imine (C=N–C) groups is 1. The van der Waals surface area contributed by atoms with Crippen LogP contribution in [-0.2, 0) is 0 Å². The molecule has 1 saturated heterocycles. The molecule has 0 spiro atoms. The van der Waals surface area contributed by atoms with Crippen LogP contribution in [0.3, 0.4) is 0 Å². The highest BCUT2D eigenvalue weighted by atomic mass is 35.5. The molecule has 0 unspecified atom stereocenters. The number of aromatic nitrogens is 2. The van der Waals surface area contributed by atoms with Crippen LogP contribution in [0.1, 0.15) is 12.8 Å². The Bertz CT molecular complexity index is 830. The third-order valence-electron chi connectivity index (χ3n) is 4.30. The van der Waals surface area contributed by atoms with E-state index in [0.717, 1.165) is 48.0 Å². The molecule has 2 heterocycles. The molecule has 0 radical (unpaired) electrons. The Kier molecular flexibility index (Phi) is 5.02. The Morgan fingerprint density at radius 2 is 1.96 bits per heavy atom. The highest BCUT2D eigenvalue weighted by Gasteiger charge is 2.20. The van der Waals surface area contributed by atoms with Crippen molar-refractivity contribution in [2.75, 3.05) is 25.0 Å². The maximum absolute atomic E-state index is 6.03. The molecule has 2 aromatic rings. The topological polar surface area (TPSA) is 59.4 Å². The maximum Gasteiger partial charge on any atom is 0.159 e. The van der Waals surface area contributed by atoms with E-state index in [1.54, 1.807) is 13.3 Å². The van der Waals surface area contributed by atoms with Gasteiger partial charge in [-0.15, -0.1) is 5.10 Å². The van der Waals surface area contributed by atoms with Gasteiger partial charge in [0, 0.05) is 42.6 Å². The van der Waals surface area contributed by atoms with E-state index in [1.807, 2.05) is 35.0 Å². The Hall–Kier alpha value is -2.11. The van der Waals surface area contributed by atoms with Crippen molar-refractivity contribution in [1.82, 2.24) is 9.78 Å². The highest BCUT2D eigenvalue weighted by Crippen LogP contribution is 2.15. The lowest BCUT2D eigenvalue weighted by molar-refractivity contribution is 0.497. The molecule has 1 fully saturated rings. The van der Waals surface area contributed by atoms with E-state index in [1.165, 1.54) is 0 Å². The molecule has 0 atom stereocenters. The van der Waals surface area contributed by atoms with E-state index in [2.05, 4.69) is 16.5 Å². The molecule has 1 aliphatic rings. The summed E-state index contributed by atoms with van der Waals surface area (Å²) in [4.78, 5) is 6.34. The van der Waals surface area contributed by atoms with Gasteiger partial charge in [0.1, 0.15) is 0 Å². The summed E-state index contributed by atoms with van der Waals surface area (Å²) in [5, 5.41) is 7.34. The van der Waals surface area contributed by atoms with Crippen LogP contribution in [0.5, 0.6) is 0 Å². The number of anilines is 1. The maximum atomic E-state index is 6.03. The SMILES string of the molecule is C=c1/c(=C\C=NC)c(N2CCC(N)CC2)nn1-c1ccc(Cl)cc1. The third-order valence-corrected chi connectivity index (χ3v) is 4.55. The average Bonchev–Trinajstić information content (AvgIpc) is 2.91. The van der Waals surface area contributed by atoms with Gasteiger partial charge in [0.2, 0.25) is 0 Å². The minimum Gasteiger partial charge on any atom is -0.355 e. The fourth-order valence-corrected chi connectivity index (χ4v) is 3.04. The number of hydrogen-bond acceptors (Lipinski definition) is 4. The van der Waals surface area contributed by atoms with Crippen molar-refractivity contribution in [1.29, 1.82) is 0 Å². The first kappa shape index (κ1) is 16.7. The second-order valence-corrected chi connectivity index (χ2v) is 6.41. The lowest BCUT2D eigenvalue weighted by atomic mass is 10.1. The molecule has 1 aliphatic heterocycles.